The summed E-state index contributed by atoms with van der Waals surface area (Å²) in [6, 6.07) is 22.5. The summed E-state index contributed by atoms with van der Waals surface area (Å²) in [5.41, 5.74) is 1.02. The Bertz CT molecular complexity index is 2620. The summed E-state index contributed by atoms with van der Waals surface area (Å²) in [7, 11) is 2.43. The number of nitriles is 1. The monoisotopic (exact) mass is 842 g/mol. The smallest absolute Gasteiger partial charge is 0.335 e. The van der Waals surface area contributed by atoms with Gasteiger partial charge >= 0.3 is 5.97 Å². The van der Waals surface area contributed by atoms with Crippen molar-refractivity contribution in [1.29, 1.82) is 5.26 Å². The lowest BCUT2D eigenvalue weighted by Crippen LogP contribution is -2.43. The summed E-state index contributed by atoms with van der Waals surface area (Å²) in [5, 5.41) is 62.5. The van der Waals surface area contributed by atoms with Crippen LogP contribution in [0.3, 0.4) is 0 Å². The van der Waals surface area contributed by atoms with Gasteiger partial charge in [0.1, 0.15) is 11.8 Å². The first-order valence-corrected chi connectivity index (χ1v) is 18.3. The second-order valence-electron chi connectivity index (χ2n) is 13.2. The van der Waals surface area contributed by atoms with Crippen LogP contribution in [-0.4, -0.2) is 76.2 Å². The van der Waals surface area contributed by atoms with Gasteiger partial charge in [0.15, 0.2) is 23.0 Å². The number of hydrogen-bond acceptors (Lipinski definition) is 12. The van der Waals surface area contributed by atoms with Gasteiger partial charge in [-0.15, -0.1) is 0 Å². The number of nitrogens with one attached hydrogen (secondary N) is 5. The molecule has 0 saturated heterocycles. The van der Waals surface area contributed by atoms with Crippen LogP contribution in [0.25, 0.3) is 6.08 Å². The van der Waals surface area contributed by atoms with Gasteiger partial charge in [0.2, 0.25) is 5.91 Å². The minimum atomic E-state index is -1.41. The van der Waals surface area contributed by atoms with Crippen LogP contribution in [0.2, 0.25) is 0 Å². The molecule has 0 aliphatic carbocycles. The van der Waals surface area contributed by atoms with Gasteiger partial charge in [0.05, 0.1) is 54.8 Å². The number of carboxylic acid groups (broad SMARTS) is 1. The molecule has 316 valence electrons. The maximum Gasteiger partial charge on any atom is 0.335 e. The van der Waals surface area contributed by atoms with E-state index in [0.717, 1.165) is 0 Å². The van der Waals surface area contributed by atoms with E-state index in [4.69, 9.17) is 14.6 Å². The van der Waals surface area contributed by atoms with Gasteiger partial charge in [-0.3, -0.25) is 24.0 Å². The van der Waals surface area contributed by atoms with E-state index in [0.29, 0.717) is 5.56 Å². The van der Waals surface area contributed by atoms with Crippen LogP contribution in [-0.2, 0) is 9.59 Å². The Labute approximate surface area is 353 Å². The molecule has 0 spiro atoms. The fraction of sp³-hybridized carbons (Fsp3) is 0.114. The number of anilines is 4. The van der Waals surface area contributed by atoms with Gasteiger partial charge < -0.3 is 56.5 Å². The Balaban J connectivity index is 1.21. The minimum Gasteiger partial charge on any atom is -0.508 e. The van der Waals surface area contributed by atoms with Crippen LogP contribution >= 0.6 is 0 Å². The van der Waals surface area contributed by atoms with E-state index in [1.54, 1.807) is 25.1 Å². The first-order chi connectivity index (χ1) is 29.6. The Morgan fingerprint density at radius 1 is 0.645 bits per heavy atom. The van der Waals surface area contributed by atoms with Crippen molar-refractivity contribution < 1.29 is 58.7 Å². The number of methoxy groups -OCH3 is 2. The van der Waals surface area contributed by atoms with Crippen LogP contribution in [0.1, 0.15) is 60.3 Å². The Morgan fingerprint density at radius 2 is 1.16 bits per heavy atom. The number of aromatic carboxylic acids is 1. The molecule has 5 aromatic carbocycles. The predicted molar refractivity (Wildman–Crippen MR) is 226 cm³/mol. The molecule has 5 aromatic rings. The van der Waals surface area contributed by atoms with Gasteiger partial charge in [-0.1, -0.05) is 12.1 Å². The van der Waals surface area contributed by atoms with Crippen molar-refractivity contribution in [3.8, 4) is 34.8 Å². The molecule has 0 bridgehead atoms. The Kier molecular flexibility index (Phi) is 14.1. The lowest BCUT2D eigenvalue weighted by molar-refractivity contribution is -0.118. The van der Waals surface area contributed by atoms with Crippen LogP contribution < -0.4 is 36.1 Å². The van der Waals surface area contributed by atoms with E-state index in [9.17, 15) is 49.3 Å². The SMILES string of the molecule is COc1c(NC(=O)/C(C)=C/c2ccc(O)cc2)ccc(C(=O)NC(CC#N)C(=O)Nc2ccc(C(=O)Nc3ccc(C(=O)Nc4ccc(C(=O)O)cc4)c(O)c3OC)cc2)c1O. The zero-order valence-corrected chi connectivity index (χ0v) is 33.1. The summed E-state index contributed by atoms with van der Waals surface area (Å²) in [6.45, 7) is 1.55. The molecular weight excluding hydrogens is 805 g/mol. The summed E-state index contributed by atoms with van der Waals surface area (Å²) in [4.78, 5) is 76.6. The zero-order valence-electron chi connectivity index (χ0n) is 33.1. The number of ether oxygens (including phenoxy) is 2. The zero-order chi connectivity index (χ0) is 45.1. The molecule has 9 N–H and O–H groups in total. The molecule has 18 heteroatoms. The van der Waals surface area contributed by atoms with Crippen LogP contribution in [0.15, 0.2) is 103 Å². The highest BCUT2D eigenvalue weighted by Crippen LogP contribution is 2.39. The number of carbonyl (C=O) groups is 6. The lowest BCUT2D eigenvalue weighted by atomic mass is 10.1. The van der Waals surface area contributed by atoms with Gasteiger partial charge in [0, 0.05) is 22.5 Å². The van der Waals surface area contributed by atoms with Gasteiger partial charge in [-0.05, 0) is 103 Å². The molecule has 0 saturated carbocycles. The number of aromatic hydroxyl groups is 3. The van der Waals surface area contributed by atoms with E-state index in [-0.39, 0.29) is 67.8 Å². The number of phenolic OH excluding ortho intramolecular Hbond substituents is 3. The quantitative estimate of drug-likeness (QED) is 0.0571. The summed E-state index contributed by atoms with van der Waals surface area (Å²) in [6.07, 6.45) is 1.11. The fourth-order valence-electron chi connectivity index (χ4n) is 5.79. The third-order valence-electron chi connectivity index (χ3n) is 9.01. The number of rotatable bonds is 15. The molecular formula is C44H38N6O12. The number of nitrogens with zero attached hydrogens (tertiary/aromatic N) is 1. The summed E-state index contributed by atoms with van der Waals surface area (Å²) >= 11 is 0. The van der Waals surface area contributed by atoms with Gasteiger partial charge in [0.25, 0.3) is 23.6 Å². The van der Waals surface area contributed by atoms with E-state index < -0.39 is 59.5 Å². The molecule has 0 heterocycles. The van der Waals surface area contributed by atoms with Crippen molar-refractivity contribution >= 4 is 64.3 Å². The fourth-order valence-corrected chi connectivity index (χ4v) is 5.79. The van der Waals surface area contributed by atoms with Crippen molar-refractivity contribution in [2.45, 2.75) is 19.4 Å². The third-order valence-corrected chi connectivity index (χ3v) is 9.01. The molecule has 0 radical (unpaired) electrons. The molecule has 0 aromatic heterocycles. The molecule has 1 atom stereocenters. The second kappa shape index (κ2) is 19.7. The molecule has 18 nitrogen and oxygen atoms in total. The average Bonchev–Trinajstić information content (AvgIpc) is 3.24. The number of benzene rings is 5. The number of phenols is 3. The van der Waals surface area contributed by atoms with Crippen LogP contribution in [0.5, 0.6) is 28.7 Å². The standard InChI is InChI=1S/C44H38N6O12/c1-23(22-24-4-14-29(51)15-5-24)39(54)48-32-18-17-31(36(53)37(32)61-2)42(57)50-34(20-21-45)43(58)47-28-10-6-25(7-11-28)40(55)49-33-19-16-30(35(52)38(33)62-3)41(56)46-27-12-8-26(9-13-27)44(59)60/h4-19,22,34,51-53H,20H2,1-3H3,(H,46,56)(H,47,58)(H,48,54)(H,49,55)(H,50,57)(H,59,60)/b23-22+. The predicted octanol–water partition coefficient (Wildman–Crippen LogP) is 5.72. The Hall–Kier alpha value is -8.85. The maximum absolute atomic E-state index is 13.3. The van der Waals surface area contributed by atoms with Gasteiger partial charge in [-0.25, -0.2) is 4.79 Å². The van der Waals surface area contributed by atoms with E-state index in [1.807, 2.05) is 6.07 Å². The lowest BCUT2D eigenvalue weighted by Gasteiger charge is -2.18. The molecule has 1 unspecified atom stereocenters. The van der Waals surface area contributed by atoms with Crippen LogP contribution in [0.4, 0.5) is 22.7 Å². The maximum atomic E-state index is 13.3. The summed E-state index contributed by atoms with van der Waals surface area (Å²) < 4.78 is 10.5. The van der Waals surface area contributed by atoms with Crippen LogP contribution in [0, 0.1) is 11.3 Å². The molecule has 0 fully saturated rings. The highest BCUT2D eigenvalue weighted by atomic mass is 16.5. The molecule has 5 amide bonds. The van der Waals surface area contributed by atoms with Gasteiger partial charge in [-0.2, -0.15) is 5.26 Å². The highest BCUT2D eigenvalue weighted by molar-refractivity contribution is 6.10. The molecule has 62 heavy (non-hydrogen) atoms. The van der Waals surface area contributed by atoms with E-state index >= 15 is 0 Å². The first kappa shape index (κ1) is 44.3. The minimum absolute atomic E-state index is 0.0146. The number of amides is 5. The molecule has 0 aliphatic heterocycles. The summed E-state index contributed by atoms with van der Waals surface area (Å²) in [5.74, 6) is -6.45. The van der Waals surface area contributed by atoms with Crippen molar-refractivity contribution in [2.24, 2.45) is 0 Å². The topological polar surface area (TPSA) is 286 Å². The number of carboxylic acids is 1. The van der Waals surface area contributed by atoms with Crippen molar-refractivity contribution in [1.82, 2.24) is 5.32 Å². The van der Waals surface area contributed by atoms with Crippen molar-refractivity contribution in [3.63, 3.8) is 0 Å². The van der Waals surface area contributed by atoms with Crippen molar-refractivity contribution in [2.75, 3.05) is 35.5 Å². The van der Waals surface area contributed by atoms with E-state index in [2.05, 4.69) is 26.6 Å². The molecule has 5 rings (SSSR count). The Morgan fingerprint density at radius 3 is 1.69 bits per heavy atom. The van der Waals surface area contributed by atoms with E-state index in [1.165, 1.54) is 99.1 Å². The third kappa shape index (κ3) is 10.6. The first-order valence-electron chi connectivity index (χ1n) is 18.3. The number of carbonyl (C=O) groups excluding carboxylic acids is 5. The number of hydrogen-bond donors (Lipinski definition) is 9. The highest BCUT2D eigenvalue weighted by Gasteiger charge is 2.26. The molecule has 0 aliphatic rings. The average molecular weight is 843 g/mol. The van der Waals surface area contributed by atoms with Crippen molar-refractivity contribution in [3.05, 3.63) is 130 Å². The second-order valence-corrected chi connectivity index (χ2v) is 13.2. The largest absolute Gasteiger partial charge is 0.508 e. The normalized spacial score (nSPS) is 11.2.